The van der Waals surface area contributed by atoms with E-state index < -0.39 is 0 Å². The van der Waals surface area contributed by atoms with Crippen LogP contribution in [0.15, 0.2) is 17.8 Å². The molecule has 0 radical (unpaired) electrons. The predicted octanol–water partition coefficient (Wildman–Crippen LogP) is 1.75. The topological polar surface area (TPSA) is 59.9 Å². The average molecular weight is 264 g/mol. The Kier molecular flexibility index (Phi) is 4.22. The molecule has 2 heterocycles. The summed E-state index contributed by atoms with van der Waals surface area (Å²) in [5.41, 5.74) is 2.10. The molecule has 6 heteroatoms. The molecule has 5 nitrogen and oxygen atoms in total. The molecule has 0 aliphatic carbocycles. The number of aromatic nitrogens is 3. The summed E-state index contributed by atoms with van der Waals surface area (Å²) in [5.74, 6) is 0. The summed E-state index contributed by atoms with van der Waals surface area (Å²) in [6.45, 7) is 2.00. The molecular weight excluding hydrogens is 248 g/mol. The Balaban J connectivity index is 2.12. The van der Waals surface area contributed by atoms with Crippen LogP contribution in [-0.4, -0.2) is 29.1 Å². The molecule has 2 aromatic rings. The van der Waals surface area contributed by atoms with Crippen molar-refractivity contribution in [2.45, 2.75) is 19.4 Å². The van der Waals surface area contributed by atoms with Crippen molar-refractivity contribution in [2.75, 3.05) is 14.2 Å². The normalized spacial score (nSPS) is 12.4. The first-order valence-corrected chi connectivity index (χ1v) is 6.55. The SMILES string of the molecule is CNC(Cc1nc(C)cs1)c1cnc(OC)nc1. The van der Waals surface area contributed by atoms with E-state index in [1.54, 1.807) is 30.8 Å². The molecule has 0 aromatic carbocycles. The van der Waals surface area contributed by atoms with Crippen LogP contribution < -0.4 is 10.1 Å². The monoisotopic (exact) mass is 264 g/mol. The fraction of sp³-hybridized carbons (Fsp3) is 0.417. The number of methoxy groups -OCH3 is 1. The van der Waals surface area contributed by atoms with Crippen molar-refractivity contribution in [3.63, 3.8) is 0 Å². The Bertz CT molecular complexity index is 497. The van der Waals surface area contributed by atoms with E-state index in [2.05, 4.69) is 25.6 Å². The van der Waals surface area contributed by atoms with Gasteiger partial charge in [-0.1, -0.05) is 0 Å². The standard InChI is InChI=1S/C12H16N4OS/c1-8-7-18-11(16-8)4-10(13-2)9-5-14-12(17-3)15-6-9/h5-7,10,13H,4H2,1-3H3. The molecule has 2 aromatic heterocycles. The summed E-state index contributed by atoms with van der Waals surface area (Å²) in [4.78, 5) is 12.7. The zero-order valence-corrected chi connectivity index (χ0v) is 11.5. The Morgan fingerprint density at radius 2 is 2.11 bits per heavy atom. The third-order valence-corrected chi connectivity index (χ3v) is 3.62. The zero-order valence-electron chi connectivity index (χ0n) is 10.7. The number of nitrogens with one attached hydrogen (secondary N) is 1. The number of likely N-dealkylation sites (N-methyl/N-ethyl adjacent to an activating group) is 1. The van der Waals surface area contributed by atoms with E-state index in [-0.39, 0.29) is 6.04 Å². The van der Waals surface area contributed by atoms with Gasteiger partial charge < -0.3 is 10.1 Å². The maximum absolute atomic E-state index is 4.95. The molecule has 0 aliphatic heterocycles. The van der Waals surface area contributed by atoms with Crippen LogP contribution in [0, 0.1) is 6.92 Å². The first-order valence-electron chi connectivity index (χ1n) is 5.67. The Morgan fingerprint density at radius 3 is 2.61 bits per heavy atom. The molecular formula is C12H16N4OS. The molecule has 1 atom stereocenters. The maximum atomic E-state index is 4.95. The molecule has 0 fully saturated rings. The van der Waals surface area contributed by atoms with Crippen molar-refractivity contribution in [2.24, 2.45) is 0 Å². The highest BCUT2D eigenvalue weighted by Crippen LogP contribution is 2.20. The van der Waals surface area contributed by atoms with E-state index >= 15 is 0 Å². The summed E-state index contributed by atoms with van der Waals surface area (Å²) in [5, 5.41) is 6.44. The summed E-state index contributed by atoms with van der Waals surface area (Å²) in [6.07, 6.45) is 4.41. The molecule has 0 amide bonds. The summed E-state index contributed by atoms with van der Waals surface area (Å²) < 4.78 is 4.95. The number of ether oxygens (including phenoxy) is 1. The molecule has 0 bridgehead atoms. The first-order chi connectivity index (χ1) is 8.72. The van der Waals surface area contributed by atoms with Gasteiger partial charge in [0.1, 0.15) is 0 Å². The molecule has 0 saturated heterocycles. The largest absolute Gasteiger partial charge is 0.467 e. The lowest BCUT2D eigenvalue weighted by atomic mass is 10.1. The zero-order chi connectivity index (χ0) is 13.0. The van der Waals surface area contributed by atoms with Crippen LogP contribution in [0.5, 0.6) is 6.01 Å². The highest BCUT2D eigenvalue weighted by atomic mass is 32.1. The van der Waals surface area contributed by atoms with Gasteiger partial charge in [-0.2, -0.15) is 0 Å². The second kappa shape index (κ2) is 5.88. The van der Waals surface area contributed by atoms with E-state index in [4.69, 9.17) is 4.74 Å². The highest BCUT2D eigenvalue weighted by Gasteiger charge is 2.13. The minimum Gasteiger partial charge on any atom is -0.467 e. The van der Waals surface area contributed by atoms with Crippen LogP contribution in [0.25, 0.3) is 0 Å². The number of nitrogens with zero attached hydrogens (tertiary/aromatic N) is 3. The van der Waals surface area contributed by atoms with Gasteiger partial charge in [-0.25, -0.2) is 15.0 Å². The molecule has 0 saturated carbocycles. The van der Waals surface area contributed by atoms with Crippen LogP contribution in [0.2, 0.25) is 0 Å². The molecule has 1 unspecified atom stereocenters. The minimum absolute atomic E-state index is 0.168. The molecule has 0 aliphatic rings. The van der Waals surface area contributed by atoms with Crippen molar-refractivity contribution in [3.8, 4) is 6.01 Å². The molecule has 96 valence electrons. The van der Waals surface area contributed by atoms with E-state index in [9.17, 15) is 0 Å². The van der Waals surface area contributed by atoms with Crippen LogP contribution >= 0.6 is 11.3 Å². The number of rotatable bonds is 5. The fourth-order valence-electron chi connectivity index (χ4n) is 1.67. The average Bonchev–Trinajstić information content (AvgIpc) is 2.82. The number of aryl methyl sites for hydroxylation is 1. The van der Waals surface area contributed by atoms with Crippen molar-refractivity contribution in [3.05, 3.63) is 34.0 Å². The van der Waals surface area contributed by atoms with Gasteiger partial charge in [0.15, 0.2) is 0 Å². The first kappa shape index (κ1) is 12.9. The van der Waals surface area contributed by atoms with Crippen LogP contribution in [0.1, 0.15) is 22.3 Å². The van der Waals surface area contributed by atoms with Gasteiger partial charge in [0.2, 0.25) is 0 Å². The third-order valence-electron chi connectivity index (χ3n) is 2.63. The molecule has 18 heavy (non-hydrogen) atoms. The van der Waals surface area contributed by atoms with Gasteiger partial charge in [-0.05, 0) is 14.0 Å². The fourth-order valence-corrected chi connectivity index (χ4v) is 2.49. The molecule has 1 N–H and O–H groups in total. The van der Waals surface area contributed by atoms with E-state index in [1.807, 2.05) is 14.0 Å². The highest BCUT2D eigenvalue weighted by molar-refractivity contribution is 7.09. The van der Waals surface area contributed by atoms with Gasteiger partial charge in [-0.15, -0.1) is 11.3 Å². The smallest absolute Gasteiger partial charge is 0.316 e. The van der Waals surface area contributed by atoms with Gasteiger partial charge >= 0.3 is 6.01 Å². The molecule has 2 rings (SSSR count). The van der Waals surface area contributed by atoms with Crippen molar-refractivity contribution < 1.29 is 4.74 Å². The van der Waals surface area contributed by atoms with Crippen molar-refractivity contribution >= 4 is 11.3 Å². The quantitative estimate of drug-likeness (QED) is 0.891. The third kappa shape index (κ3) is 3.02. The van der Waals surface area contributed by atoms with E-state index in [0.717, 1.165) is 22.7 Å². The Labute approximate surface area is 110 Å². The van der Waals surface area contributed by atoms with Crippen LogP contribution in [-0.2, 0) is 6.42 Å². The van der Waals surface area contributed by atoms with Crippen LogP contribution in [0.3, 0.4) is 0 Å². The van der Waals surface area contributed by atoms with Crippen LogP contribution in [0.4, 0.5) is 0 Å². The lowest BCUT2D eigenvalue weighted by Crippen LogP contribution is -2.19. The second-order valence-electron chi connectivity index (χ2n) is 3.93. The number of hydrogen-bond donors (Lipinski definition) is 1. The van der Waals surface area contributed by atoms with Crippen molar-refractivity contribution in [1.29, 1.82) is 0 Å². The number of hydrogen-bond acceptors (Lipinski definition) is 6. The van der Waals surface area contributed by atoms with Gasteiger partial charge in [0, 0.05) is 41.5 Å². The van der Waals surface area contributed by atoms with E-state index in [0.29, 0.717) is 6.01 Å². The lowest BCUT2D eigenvalue weighted by Gasteiger charge is -2.14. The minimum atomic E-state index is 0.168. The summed E-state index contributed by atoms with van der Waals surface area (Å²) >= 11 is 1.68. The summed E-state index contributed by atoms with van der Waals surface area (Å²) in [7, 11) is 3.48. The van der Waals surface area contributed by atoms with E-state index in [1.165, 1.54) is 0 Å². The van der Waals surface area contributed by atoms with Crippen molar-refractivity contribution in [1.82, 2.24) is 20.3 Å². The lowest BCUT2D eigenvalue weighted by molar-refractivity contribution is 0.378. The second-order valence-corrected chi connectivity index (χ2v) is 4.87. The number of thiazole rings is 1. The molecule has 0 spiro atoms. The summed E-state index contributed by atoms with van der Waals surface area (Å²) in [6, 6.07) is 0.556. The Morgan fingerprint density at radius 1 is 1.39 bits per heavy atom. The predicted molar refractivity (Wildman–Crippen MR) is 70.9 cm³/mol. The van der Waals surface area contributed by atoms with Gasteiger partial charge in [0.25, 0.3) is 0 Å². The van der Waals surface area contributed by atoms with Gasteiger partial charge in [0.05, 0.1) is 12.1 Å². The maximum Gasteiger partial charge on any atom is 0.316 e. The van der Waals surface area contributed by atoms with Gasteiger partial charge in [-0.3, -0.25) is 0 Å². The Hall–Kier alpha value is -1.53.